The molecular weight excluding hydrogens is 316 g/mol. The molecule has 5 heteroatoms. The average molecular weight is 338 g/mol. The number of nitrogens with one attached hydrogen (secondary N) is 2. The molecule has 0 bridgehead atoms. The standard InChI is InChI=1S/C20H22N2O3/c1-13-12-16(25-14(2)15-6-4-3-5-7-15)8-9-17(13)22-20(24)18-10-11-19(23)21-18/h3-9,12,14,18H,10-11H2,1-2H3,(H,21,23)(H,22,24)/t14-,18+/m0/s1. The topological polar surface area (TPSA) is 67.4 Å². The van der Waals surface area contributed by atoms with Crippen LogP contribution < -0.4 is 15.4 Å². The predicted octanol–water partition coefficient (Wildman–Crippen LogP) is 3.35. The zero-order valence-corrected chi connectivity index (χ0v) is 14.4. The molecule has 0 aliphatic carbocycles. The zero-order valence-electron chi connectivity index (χ0n) is 14.4. The Kier molecular flexibility index (Phi) is 5.03. The average Bonchev–Trinajstić information content (AvgIpc) is 3.04. The summed E-state index contributed by atoms with van der Waals surface area (Å²) in [4.78, 5) is 23.4. The van der Waals surface area contributed by atoms with Crippen LogP contribution in [0.25, 0.3) is 0 Å². The second kappa shape index (κ2) is 7.38. The Hall–Kier alpha value is -2.82. The highest BCUT2D eigenvalue weighted by Crippen LogP contribution is 2.26. The van der Waals surface area contributed by atoms with Crippen LogP contribution in [0.4, 0.5) is 5.69 Å². The smallest absolute Gasteiger partial charge is 0.246 e. The van der Waals surface area contributed by atoms with Crippen molar-refractivity contribution in [2.45, 2.75) is 38.8 Å². The number of carbonyl (C=O) groups is 2. The van der Waals surface area contributed by atoms with Gasteiger partial charge in [0.1, 0.15) is 17.9 Å². The molecule has 1 aliphatic rings. The second-order valence-electron chi connectivity index (χ2n) is 6.30. The lowest BCUT2D eigenvalue weighted by Crippen LogP contribution is -2.37. The molecule has 1 saturated heterocycles. The fraction of sp³-hybridized carbons (Fsp3) is 0.300. The summed E-state index contributed by atoms with van der Waals surface area (Å²) in [7, 11) is 0. The molecule has 3 rings (SSSR count). The summed E-state index contributed by atoms with van der Waals surface area (Å²) in [6, 6.07) is 15.1. The molecule has 0 radical (unpaired) electrons. The number of anilines is 1. The molecule has 2 N–H and O–H groups in total. The fourth-order valence-corrected chi connectivity index (χ4v) is 2.88. The maximum absolute atomic E-state index is 12.2. The second-order valence-corrected chi connectivity index (χ2v) is 6.30. The lowest BCUT2D eigenvalue weighted by atomic mass is 10.1. The molecule has 5 nitrogen and oxygen atoms in total. The van der Waals surface area contributed by atoms with Crippen LogP contribution in [0.1, 0.15) is 37.0 Å². The largest absolute Gasteiger partial charge is 0.486 e. The molecule has 1 heterocycles. The third kappa shape index (κ3) is 4.18. The van der Waals surface area contributed by atoms with Crippen molar-refractivity contribution in [3.63, 3.8) is 0 Å². The van der Waals surface area contributed by atoms with Gasteiger partial charge in [0.05, 0.1) is 0 Å². The van der Waals surface area contributed by atoms with E-state index < -0.39 is 6.04 Å². The maximum atomic E-state index is 12.2. The van der Waals surface area contributed by atoms with Crippen molar-refractivity contribution < 1.29 is 14.3 Å². The van der Waals surface area contributed by atoms with Crippen LogP contribution >= 0.6 is 0 Å². The van der Waals surface area contributed by atoms with Gasteiger partial charge in [-0.3, -0.25) is 9.59 Å². The summed E-state index contributed by atoms with van der Waals surface area (Å²) in [5.74, 6) is 0.497. The molecule has 1 fully saturated rings. The lowest BCUT2D eigenvalue weighted by Gasteiger charge is -2.17. The van der Waals surface area contributed by atoms with E-state index in [0.717, 1.165) is 22.6 Å². The number of rotatable bonds is 5. The highest BCUT2D eigenvalue weighted by Gasteiger charge is 2.27. The van der Waals surface area contributed by atoms with E-state index >= 15 is 0 Å². The first-order valence-corrected chi connectivity index (χ1v) is 8.45. The van der Waals surface area contributed by atoms with E-state index in [1.165, 1.54) is 0 Å². The normalized spacial score (nSPS) is 17.7. The predicted molar refractivity (Wildman–Crippen MR) is 96.5 cm³/mol. The molecule has 2 aromatic rings. The quantitative estimate of drug-likeness (QED) is 0.878. The molecule has 0 saturated carbocycles. The van der Waals surface area contributed by atoms with Crippen LogP contribution in [0.3, 0.4) is 0 Å². The molecule has 2 atom stereocenters. The Morgan fingerprint density at radius 2 is 2.00 bits per heavy atom. The maximum Gasteiger partial charge on any atom is 0.246 e. The van der Waals surface area contributed by atoms with E-state index in [0.29, 0.717) is 12.8 Å². The van der Waals surface area contributed by atoms with Crippen molar-refractivity contribution >= 4 is 17.5 Å². The van der Waals surface area contributed by atoms with E-state index in [-0.39, 0.29) is 17.9 Å². The Balaban J connectivity index is 1.64. The van der Waals surface area contributed by atoms with Gasteiger partial charge in [-0.2, -0.15) is 0 Å². The first-order valence-electron chi connectivity index (χ1n) is 8.45. The van der Waals surface area contributed by atoms with Crippen molar-refractivity contribution in [3.8, 4) is 5.75 Å². The lowest BCUT2D eigenvalue weighted by molar-refractivity contribution is -0.122. The van der Waals surface area contributed by atoms with E-state index in [1.807, 2.05) is 62.4 Å². The number of hydrogen-bond donors (Lipinski definition) is 2. The molecule has 0 spiro atoms. The Morgan fingerprint density at radius 3 is 2.64 bits per heavy atom. The molecule has 25 heavy (non-hydrogen) atoms. The molecule has 0 aromatic heterocycles. The van der Waals surface area contributed by atoms with E-state index in [4.69, 9.17) is 4.74 Å². The number of amides is 2. The van der Waals surface area contributed by atoms with Crippen LogP contribution in [-0.4, -0.2) is 17.9 Å². The highest BCUT2D eigenvalue weighted by molar-refractivity contribution is 5.99. The van der Waals surface area contributed by atoms with Gasteiger partial charge in [-0.15, -0.1) is 0 Å². The van der Waals surface area contributed by atoms with Gasteiger partial charge in [0.2, 0.25) is 11.8 Å². The van der Waals surface area contributed by atoms with Gasteiger partial charge in [-0.05, 0) is 49.6 Å². The van der Waals surface area contributed by atoms with Gasteiger partial charge < -0.3 is 15.4 Å². The number of carbonyl (C=O) groups excluding carboxylic acids is 2. The third-order valence-electron chi connectivity index (χ3n) is 4.35. The number of hydrogen-bond acceptors (Lipinski definition) is 3. The summed E-state index contributed by atoms with van der Waals surface area (Å²) in [5.41, 5.74) is 2.75. The van der Waals surface area contributed by atoms with Crippen molar-refractivity contribution in [2.75, 3.05) is 5.32 Å². The number of aryl methyl sites for hydroxylation is 1. The summed E-state index contributed by atoms with van der Waals surface area (Å²) >= 11 is 0. The monoisotopic (exact) mass is 338 g/mol. The minimum absolute atomic E-state index is 0.0604. The van der Waals surface area contributed by atoms with E-state index in [9.17, 15) is 9.59 Å². The fourth-order valence-electron chi connectivity index (χ4n) is 2.88. The highest BCUT2D eigenvalue weighted by atomic mass is 16.5. The van der Waals surface area contributed by atoms with Gasteiger partial charge >= 0.3 is 0 Å². The van der Waals surface area contributed by atoms with Crippen molar-refractivity contribution in [2.24, 2.45) is 0 Å². The Labute approximate surface area is 147 Å². The minimum atomic E-state index is -0.444. The number of ether oxygens (including phenoxy) is 1. The third-order valence-corrected chi connectivity index (χ3v) is 4.35. The van der Waals surface area contributed by atoms with Crippen molar-refractivity contribution in [1.82, 2.24) is 5.32 Å². The van der Waals surface area contributed by atoms with E-state index in [1.54, 1.807) is 0 Å². The molecular formula is C20H22N2O3. The summed E-state index contributed by atoms with van der Waals surface area (Å²) in [6.07, 6.45) is 0.885. The van der Waals surface area contributed by atoms with Crippen molar-refractivity contribution in [3.05, 3.63) is 59.7 Å². The van der Waals surface area contributed by atoms with Gasteiger partial charge in [-0.1, -0.05) is 30.3 Å². The molecule has 130 valence electrons. The first kappa shape index (κ1) is 17.0. The molecule has 0 unspecified atom stereocenters. The summed E-state index contributed by atoms with van der Waals surface area (Å²) in [5, 5.41) is 5.55. The van der Waals surface area contributed by atoms with Crippen LogP contribution in [0, 0.1) is 6.92 Å². The molecule has 2 aromatic carbocycles. The number of benzene rings is 2. The van der Waals surface area contributed by atoms with Gasteiger partial charge in [0.15, 0.2) is 0 Å². The van der Waals surface area contributed by atoms with Gasteiger partial charge in [-0.25, -0.2) is 0 Å². The molecule has 2 amide bonds. The van der Waals surface area contributed by atoms with Crippen LogP contribution in [0.15, 0.2) is 48.5 Å². The van der Waals surface area contributed by atoms with Crippen LogP contribution in [0.5, 0.6) is 5.75 Å². The van der Waals surface area contributed by atoms with Crippen molar-refractivity contribution in [1.29, 1.82) is 0 Å². The van der Waals surface area contributed by atoms with Gasteiger partial charge in [0.25, 0.3) is 0 Å². The van der Waals surface area contributed by atoms with Crippen LogP contribution in [0.2, 0.25) is 0 Å². The molecule has 1 aliphatic heterocycles. The minimum Gasteiger partial charge on any atom is -0.486 e. The zero-order chi connectivity index (χ0) is 17.8. The van der Waals surface area contributed by atoms with Gasteiger partial charge in [0, 0.05) is 12.1 Å². The summed E-state index contributed by atoms with van der Waals surface area (Å²) in [6.45, 7) is 3.92. The SMILES string of the molecule is Cc1cc(O[C@@H](C)c2ccccc2)ccc1NC(=O)[C@H]1CCC(=O)N1. The Morgan fingerprint density at radius 1 is 1.24 bits per heavy atom. The first-order chi connectivity index (χ1) is 12.0. The summed E-state index contributed by atoms with van der Waals surface area (Å²) < 4.78 is 5.99. The van der Waals surface area contributed by atoms with Crippen LogP contribution in [-0.2, 0) is 9.59 Å². The Bertz CT molecular complexity index is 774. The van der Waals surface area contributed by atoms with E-state index in [2.05, 4.69) is 10.6 Å².